The Morgan fingerprint density at radius 2 is 1.75 bits per heavy atom. The lowest BCUT2D eigenvalue weighted by molar-refractivity contribution is 0.112. The van der Waals surface area contributed by atoms with Gasteiger partial charge in [-0.25, -0.2) is 0 Å². The van der Waals surface area contributed by atoms with Crippen molar-refractivity contribution in [2.45, 2.75) is 0 Å². The lowest BCUT2D eigenvalue weighted by Gasteiger charge is -1.92. The van der Waals surface area contributed by atoms with E-state index in [1.54, 1.807) is 24.3 Å². The molecular formula is C10H10O2. The van der Waals surface area contributed by atoms with Gasteiger partial charge in [-0.2, -0.15) is 0 Å². The van der Waals surface area contributed by atoms with Crippen molar-refractivity contribution in [2.24, 2.45) is 0 Å². The molecule has 2 heteroatoms. The molecule has 0 unspecified atom stereocenters. The summed E-state index contributed by atoms with van der Waals surface area (Å²) in [5, 5.41) is 8.49. The summed E-state index contributed by atoms with van der Waals surface area (Å²) in [6, 6.07) is 7.14. The first kappa shape index (κ1) is 8.68. The zero-order chi connectivity index (χ0) is 8.81. The number of aliphatic hydroxyl groups is 1. The molecule has 0 radical (unpaired) electrons. The number of benzene rings is 1. The van der Waals surface area contributed by atoms with Crippen molar-refractivity contribution in [3.63, 3.8) is 0 Å². The summed E-state index contributed by atoms with van der Waals surface area (Å²) in [7, 11) is 0. The highest BCUT2D eigenvalue weighted by Crippen LogP contribution is 2.03. The highest BCUT2D eigenvalue weighted by atomic mass is 16.2. The standard InChI is InChI=1S/C10H10O2/c11-7-1-2-9-3-5-10(8-12)6-4-9/h1-6,8,11H,7H2/b2-1-. The third-order valence-electron chi connectivity index (χ3n) is 1.49. The third kappa shape index (κ3) is 2.32. The summed E-state index contributed by atoms with van der Waals surface area (Å²) in [6.07, 6.45) is 4.25. The first-order valence-electron chi connectivity index (χ1n) is 3.69. The molecule has 0 spiro atoms. The van der Waals surface area contributed by atoms with Gasteiger partial charge in [0.25, 0.3) is 0 Å². The zero-order valence-corrected chi connectivity index (χ0v) is 6.60. The topological polar surface area (TPSA) is 37.3 Å². The molecular weight excluding hydrogens is 152 g/mol. The summed E-state index contributed by atoms with van der Waals surface area (Å²) in [5.41, 5.74) is 1.64. The number of hydrogen-bond acceptors (Lipinski definition) is 2. The minimum atomic E-state index is 0.0371. The molecule has 0 aliphatic carbocycles. The Morgan fingerprint density at radius 1 is 1.17 bits per heavy atom. The van der Waals surface area contributed by atoms with Crippen LogP contribution in [0.4, 0.5) is 0 Å². The quantitative estimate of drug-likeness (QED) is 0.684. The minimum absolute atomic E-state index is 0.0371. The van der Waals surface area contributed by atoms with E-state index in [0.717, 1.165) is 11.8 Å². The van der Waals surface area contributed by atoms with Crippen molar-refractivity contribution in [1.29, 1.82) is 0 Å². The second-order valence-electron chi connectivity index (χ2n) is 2.37. The van der Waals surface area contributed by atoms with Crippen molar-refractivity contribution >= 4 is 12.4 Å². The predicted octanol–water partition coefficient (Wildman–Crippen LogP) is 1.50. The molecule has 0 fully saturated rings. The molecule has 2 nitrogen and oxygen atoms in total. The maximum Gasteiger partial charge on any atom is 0.150 e. The molecule has 0 heterocycles. The third-order valence-corrected chi connectivity index (χ3v) is 1.49. The van der Waals surface area contributed by atoms with Crippen LogP contribution in [0, 0.1) is 0 Å². The second-order valence-corrected chi connectivity index (χ2v) is 2.37. The highest BCUT2D eigenvalue weighted by molar-refractivity contribution is 5.75. The first-order valence-corrected chi connectivity index (χ1v) is 3.69. The van der Waals surface area contributed by atoms with E-state index in [1.165, 1.54) is 0 Å². The lowest BCUT2D eigenvalue weighted by Crippen LogP contribution is -1.79. The second kappa shape index (κ2) is 4.46. The molecule has 1 aromatic carbocycles. The van der Waals surface area contributed by atoms with E-state index in [0.29, 0.717) is 5.56 Å². The van der Waals surface area contributed by atoms with Gasteiger partial charge in [-0.3, -0.25) is 4.79 Å². The van der Waals surface area contributed by atoms with Crippen LogP contribution in [0.2, 0.25) is 0 Å². The molecule has 0 amide bonds. The normalized spacial score (nSPS) is 10.4. The Morgan fingerprint density at radius 3 is 2.25 bits per heavy atom. The van der Waals surface area contributed by atoms with Crippen LogP contribution in [0.5, 0.6) is 0 Å². The maximum atomic E-state index is 10.3. The fourth-order valence-electron chi connectivity index (χ4n) is 0.874. The number of aldehydes is 1. The van der Waals surface area contributed by atoms with Gasteiger partial charge in [-0.1, -0.05) is 36.4 Å². The van der Waals surface area contributed by atoms with E-state index in [1.807, 2.05) is 12.1 Å². The monoisotopic (exact) mass is 162 g/mol. The zero-order valence-electron chi connectivity index (χ0n) is 6.60. The summed E-state index contributed by atoms with van der Waals surface area (Å²) in [4.78, 5) is 10.3. The molecule has 1 rings (SSSR count). The molecule has 0 atom stereocenters. The van der Waals surface area contributed by atoms with Gasteiger partial charge in [0.05, 0.1) is 6.61 Å². The molecule has 0 bridgehead atoms. The smallest absolute Gasteiger partial charge is 0.150 e. The van der Waals surface area contributed by atoms with Crippen LogP contribution < -0.4 is 0 Å². The van der Waals surface area contributed by atoms with E-state index >= 15 is 0 Å². The van der Waals surface area contributed by atoms with Crippen LogP contribution in [0.1, 0.15) is 15.9 Å². The van der Waals surface area contributed by atoms with E-state index < -0.39 is 0 Å². The van der Waals surface area contributed by atoms with Crippen LogP contribution in [0.25, 0.3) is 6.08 Å². The lowest BCUT2D eigenvalue weighted by atomic mass is 10.1. The highest BCUT2D eigenvalue weighted by Gasteiger charge is 1.88. The van der Waals surface area contributed by atoms with E-state index in [-0.39, 0.29) is 6.61 Å². The summed E-state index contributed by atoms with van der Waals surface area (Å²) < 4.78 is 0. The average Bonchev–Trinajstić information content (AvgIpc) is 2.15. The average molecular weight is 162 g/mol. The molecule has 0 saturated heterocycles. The van der Waals surface area contributed by atoms with Crippen LogP contribution in [-0.4, -0.2) is 18.0 Å². The van der Waals surface area contributed by atoms with Gasteiger partial charge in [0.1, 0.15) is 6.29 Å². The van der Waals surface area contributed by atoms with Gasteiger partial charge in [-0.15, -0.1) is 0 Å². The predicted molar refractivity (Wildman–Crippen MR) is 47.9 cm³/mol. The Bertz CT molecular complexity index is 272. The minimum Gasteiger partial charge on any atom is -0.392 e. The van der Waals surface area contributed by atoms with Crippen LogP contribution in [0.15, 0.2) is 30.3 Å². The van der Waals surface area contributed by atoms with Gasteiger partial charge in [0.2, 0.25) is 0 Å². The molecule has 1 aromatic rings. The van der Waals surface area contributed by atoms with E-state index in [2.05, 4.69) is 0 Å². The van der Waals surface area contributed by atoms with Gasteiger partial charge >= 0.3 is 0 Å². The van der Waals surface area contributed by atoms with Crippen LogP contribution >= 0.6 is 0 Å². The Balaban J connectivity index is 2.77. The fraction of sp³-hybridized carbons (Fsp3) is 0.100. The van der Waals surface area contributed by atoms with Crippen molar-refractivity contribution in [2.75, 3.05) is 6.61 Å². The Kier molecular flexibility index (Phi) is 3.23. The maximum absolute atomic E-state index is 10.3. The van der Waals surface area contributed by atoms with Crippen molar-refractivity contribution in [1.82, 2.24) is 0 Å². The Labute approximate surface area is 71.2 Å². The molecule has 0 saturated carbocycles. The van der Waals surface area contributed by atoms with Gasteiger partial charge in [-0.05, 0) is 5.56 Å². The fourth-order valence-corrected chi connectivity index (χ4v) is 0.874. The number of carbonyl (C=O) groups excluding carboxylic acids is 1. The van der Waals surface area contributed by atoms with Crippen LogP contribution in [0.3, 0.4) is 0 Å². The molecule has 0 aromatic heterocycles. The van der Waals surface area contributed by atoms with Gasteiger partial charge in [0, 0.05) is 5.56 Å². The van der Waals surface area contributed by atoms with Crippen molar-refractivity contribution < 1.29 is 9.90 Å². The largest absolute Gasteiger partial charge is 0.392 e. The number of rotatable bonds is 3. The SMILES string of the molecule is O=Cc1ccc(/C=C\CO)cc1. The molecule has 0 aliphatic heterocycles. The summed E-state index contributed by atoms with van der Waals surface area (Å²) in [6.45, 7) is 0.0371. The van der Waals surface area contributed by atoms with Crippen molar-refractivity contribution in [3.05, 3.63) is 41.5 Å². The summed E-state index contributed by atoms with van der Waals surface area (Å²) >= 11 is 0. The molecule has 12 heavy (non-hydrogen) atoms. The van der Waals surface area contributed by atoms with Gasteiger partial charge in [0.15, 0.2) is 0 Å². The number of aliphatic hydroxyl groups excluding tert-OH is 1. The Hall–Kier alpha value is -1.41. The van der Waals surface area contributed by atoms with Crippen LogP contribution in [-0.2, 0) is 0 Å². The number of carbonyl (C=O) groups is 1. The molecule has 0 aliphatic rings. The number of hydrogen-bond donors (Lipinski definition) is 1. The van der Waals surface area contributed by atoms with E-state index in [4.69, 9.17) is 5.11 Å². The first-order chi connectivity index (χ1) is 5.86. The summed E-state index contributed by atoms with van der Waals surface area (Å²) in [5.74, 6) is 0. The molecule has 1 N–H and O–H groups in total. The van der Waals surface area contributed by atoms with Gasteiger partial charge < -0.3 is 5.11 Å². The van der Waals surface area contributed by atoms with Crippen molar-refractivity contribution in [3.8, 4) is 0 Å². The molecule has 62 valence electrons. The van der Waals surface area contributed by atoms with E-state index in [9.17, 15) is 4.79 Å².